The molecule has 1 saturated heterocycles. The molecule has 0 aromatic rings. The maximum Gasteiger partial charge on any atom is 0.237 e. The summed E-state index contributed by atoms with van der Waals surface area (Å²) in [5, 5.41) is 3.98. The van der Waals surface area contributed by atoms with E-state index in [9.17, 15) is 18.8 Å². The van der Waals surface area contributed by atoms with Crippen LogP contribution in [0.15, 0.2) is 0 Å². The molecule has 0 saturated carbocycles. The van der Waals surface area contributed by atoms with Gasteiger partial charge in [0.25, 0.3) is 0 Å². The van der Waals surface area contributed by atoms with Crippen LogP contribution in [0.2, 0.25) is 0 Å². The number of rotatable bonds is 12. The molecule has 1 aliphatic heterocycles. The lowest BCUT2D eigenvalue weighted by Crippen LogP contribution is -2.51. The van der Waals surface area contributed by atoms with Crippen LogP contribution in [0.4, 0.5) is 4.39 Å². The van der Waals surface area contributed by atoms with Gasteiger partial charge < -0.3 is 21.2 Å². The van der Waals surface area contributed by atoms with E-state index in [0.717, 1.165) is 12.8 Å². The number of alkyl halides is 1. The molecule has 1 rings (SSSR count). The topological polar surface area (TPSA) is 108 Å². The zero-order valence-electron chi connectivity index (χ0n) is 17.3. The van der Waals surface area contributed by atoms with Crippen LogP contribution in [0, 0.1) is 0 Å². The van der Waals surface area contributed by atoms with E-state index in [1.807, 2.05) is 16.8 Å². The Morgan fingerprint density at radius 1 is 1.46 bits per heavy atom. The third-order valence-corrected chi connectivity index (χ3v) is 5.44. The van der Waals surface area contributed by atoms with Crippen molar-refractivity contribution < 1.29 is 18.8 Å². The number of likely N-dealkylation sites (tertiary alicyclic amines) is 1. The summed E-state index contributed by atoms with van der Waals surface area (Å²) in [5.74, 6) is -0.612. The lowest BCUT2D eigenvalue weighted by atomic mass is 10.1. The van der Waals surface area contributed by atoms with Crippen LogP contribution in [0.5, 0.6) is 0 Å². The van der Waals surface area contributed by atoms with Crippen molar-refractivity contribution >= 4 is 27.3 Å². The summed E-state index contributed by atoms with van der Waals surface area (Å²) < 4.78 is 14.2. The molecule has 0 aliphatic carbocycles. The minimum Gasteiger partial charge on any atom is -0.368 e. The van der Waals surface area contributed by atoms with E-state index < -0.39 is 17.5 Å². The van der Waals surface area contributed by atoms with E-state index >= 15 is 0 Å². The van der Waals surface area contributed by atoms with Crippen molar-refractivity contribution in [2.75, 3.05) is 33.7 Å². The highest BCUT2D eigenvalue weighted by Crippen LogP contribution is 2.26. The Morgan fingerprint density at radius 3 is 2.57 bits per heavy atom. The van der Waals surface area contributed by atoms with Crippen LogP contribution in [-0.2, 0) is 14.4 Å². The van der Waals surface area contributed by atoms with Crippen LogP contribution in [0.25, 0.3) is 0 Å². The fraction of sp³-hybridized carbons (Fsp3) is 0.833. The molecule has 10 heteroatoms. The van der Waals surface area contributed by atoms with Crippen LogP contribution in [0.3, 0.4) is 0 Å². The van der Waals surface area contributed by atoms with Gasteiger partial charge in [-0.05, 0) is 53.8 Å². The predicted octanol–water partition coefficient (Wildman–Crippen LogP) is -0.521. The van der Waals surface area contributed by atoms with E-state index in [2.05, 4.69) is 19.9 Å². The van der Waals surface area contributed by atoms with Crippen LogP contribution in [0.1, 0.15) is 33.1 Å². The van der Waals surface area contributed by atoms with Gasteiger partial charge in [-0.15, -0.1) is 0 Å². The molecule has 0 spiro atoms. The molecule has 0 radical (unpaired) electrons. The van der Waals surface area contributed by atoms with Crippen molar-refractivity contribution in [3.63, 3.8) is 0 Å². The predicted molar refractivity (Wildman–Crippen MR) is 111 cm³/mol. The first-order chi connectivity index (χ1) is 13.0. The molecule has 1 aliphatic rings. The summed E-state index contributed by atoms with van der Waals surface area (Å²) in [6.07, 6.45) is 2.96. The molecule has 0 bridgehead atoms. The van der Waals surface area contributed by atoms with Gasteiger partial charge >= 0.3 is 0 Å². The number of hydrogen-bond acceptors (Lipinski definition) is 6. The third kappa shape index (κ3) is 8.07. The molecule has 162 valence electrons. The van der Waals surface area contributed by atoms with E-state index in [1.165, 1.54) is 6.92 Å². The Balaban J connectivity index is 2.71. The zero-order valence-corrected chi connectivity index (χ0v) is 18.4. The highest BCUT2D eigenvalue weighted by molar-refractivity contribution is 7.18. The second-order valence-corrected chi connectivity index (χ2v) is 9.08. The molecule has 8 nitrogen and oxygen atoms in total. The quantitative estimate of drug-likeness (QED) is 0.290. The van der Waals surface area contributed by atoms with Gasteiger partial charge in [0.05, 0.1) is 18.1 Å². The minimum absolute atomic E-state index is 0.106. The molecule has 1 fully saturated rings. The molecular weight excluding hydrogens is 384 g/mol. The number of nitrogens with zero attached hydrogens (tertiary/aromatic N) is 2. The molecule has 0 aromatic carbocycles. The maximum atomic E-state index is 14.2. The standard InChI is InChI=1S/C18H35FN5O3P/c1-12(21-3)17(27)22-13(10-25)9-24(11-18(2,19)28)8-7-14-5-6-15(16(20)26)23(14)4/h10,12-15,21H,5-9,11,28H2,1-4H3,(H2,20,26)(H,22,27)/t12-,13-,14+,15-,18?/m0/s1. The number of amides is 2. The summed E-state index contributed by atoms with van der Waals surface area (Å²) in [6.45, 7) is 4.01. The van der Waals surface area contributed by atoms with Crippen molar-refractivity contribution in [3.05, 3.63) is 0 Å². The molecule has 2 amide bonds. The number of carbonyl (C=O) groups is 3. The first kappa shape index (κ1) is 24.9. The number of carbonyl (C=O) groups excluding carboxylic acids is 3. The molecular formula is C18H35FN5O3P. The first-order valence-corrected chi connectivity index (χ1v) is 10.2. The first-order valence-electron chi connectivity index (χ1n) is 9.62. The van der Waals surface area contributed by atoms with Crippen LogP contribution >= 0.6 is 9.24 Å². The Hall–Kier alpha value is -1.15. The van der Waals surface area contributed by atoms with Gasteiger partial charge in [-0.25, -0.2) is 4.39 Å². The van der Waals surface area contributed by atoms with E-state index in [1.54, 1.807) is 14.0 Å². The summed E-state index contributed by atoms with van der Waals surface area (Å²) >= 11 is 0. The zero-order chi connectivity index (χ0) is 21.5. The van der Waals surface area contributed by atoms with Gasteiger partial charge in [-0.2, -0.15) is 0 Å². The Kier molecular flexibility index (Phi) is 9.90. The highest BCUT2D eigenvalue weighted by atomic mass is 31.0. The number of nitrogens with two attached hydrogens (primary N) is 1. The number of likely N-dealkylation sites (N-methyl/N-ethyl adjacent to an activating group) is 2. The normalized spacial score (nSPS) is 24.5. The number of primary amides is 1. The lowest BCUT2D eigenvalue weighted by Gasteiger charge is -2.32. The van der Waals surface area contributed by atoms with Crippen molar-refractivity contribution in [3.8, 4) is 0 Å². The van der Waals surface area contributed by atoms with Gasteiger partial charge in [0, 0.05) is 19.1 Å². The average Bonchev–Trinajstić information content (AvgIpc) is 2.97. The summed E-state index contributed by atoms with van der Waals surface area (Å²) in [4.78, 5) is 38.8. The molecule has 6 atom stereocenters. The molecule has 2 unspecified atom stereocenters. The van der Waals surface area contributed by atoms with Gasteiger partial charge in [0.1, 0.15) is 11.7 Å². The van der Waals surface area contributed by atoms with Crippen molar-refractivity contribution in [1.82, 2.24) is 20.4 Å². The van der Waals surface area contributed by atoms with E-state index in [0.29, 0.717) is 19.3 Å². The smallest absolute Gasteiger partial charge is 0.237 e. The molecule has 1 heterocycles. The summed E-state index contributed by atoms with van der Waals surface area (Å²) in [6, 6.07) is -1.25. The van der Waals surface area contributed by atoms with Gasteiger partial charge in [0.2, 0.25) is 11.8 Å². The number of nitrogens with one attached hydrogen (secondary N) is 2. The summed E-state index contributed by atoms with van der Waals surface area (Å²) in [5.41, 5.74) is 5.43. The second kappa shape index (κ2) is 11.1. The lowest BCUT2D eigenvalue weighted by molar-refractivity contribution is -0.125. The number of hydrogen-bond donors (Lipinski definition) is 3. The van der Waals surface area contributed by atoms with Crippen LogP contribution < -0.4 is 16.4 Å². The number of aldehydes is 1. The van der Waals surface area contributed by atoms with E-state index in [-0.39, 0.29) is 37.0 Å². The van der Waals surface area contributed by atoms with Gasteiger partial charge in [-0.3, -0.25) is 19.4 Å². The Labute approximate surface area is 169 Å². The van der Waals surface area contributed by atoms with Crippen molar-refractivity contribution in [2.45, 2.75) is 62.7 Å². The fourth-order valence-corrected chi connectivity index (χ4v) is 3.80. The summed E-state index contributed by atoms with van der Waals surface area (Å²) in [7, 11) is 5.70. The minimum atomic E-state index is -1.52. The van der Waals surface area contributed by atoms with Gasteiger partial charge in [-0.1, -0.05) is 9.24 Å². The van der Waals surface area contributed by atoms with E-state index in [4.69, 9.17) is 5.73 Å². The SMILES string of the molecule is CN[C@@H](C)C(=O)N[C@H](C=O)CN(CC[C@H]1CC[C@@H](C(N)=O)N1C)CC(C)(F)P. The Bertz CT molecular complexity index is 546. The Morgan fingerprint density at radius 2 is 2.11 bits per heavy atom. The maximum absolute atomic E-state index is 14.2. The monoisotopic (exact) mass is 419 g/mol. The molecule has 28 heavy (non-hydrogen) atoms. The highest BCUT2D eigenvalue weighted by Gasteiger charge is 2.34. The van der Waals surface area contributed by atoms with Crippen molar-refractivity contribution in [2.24, 2.45) is 5.73 Å². The van der Waals surface area contributed by atoms with Crippen LogP contribution in [-0.4, -0.2) is 91.2 Å². The van der Waals surface area contributed by atoms with Crippen molar-refractivity contribution in [1.29, 1.82) is 0 Å². The van der Waals surface area contributed by atoms with Gasteiger partial charge in [0.15, 0.2) is 0 Å². The second-order valence-electron chi connectivity index (χ2n) is 7.88. The third-order valence-electron chi connectivity index (χ3n) is 5.25. The largest absolute Gasteiger partial charge is 0.368 e. The fourth-order valence-electron chi connectivity index (χ4n) is 3.55. The molecule has 4 N–H and O–H groups in total. The number of halogens is 1. The average molecular weight is 419 g/mol. The molecule has 0 aromatic heterocycles.